The average Bonchev–Trinajstić information content (AvgIpc) is 2.22. The molecule has 6 nitrogen and oxygen atoms in total. The third-order valence-electron chi connectivity index (χ3n) is 2.14. The van der Waals surface area contributed by atoms with Crippen molar-refractivity contribution in [3.05, 3.63) is 0 Å². The molecule has 0 heterocycles. The van der Waals surface area contributed by atoms with Gasteiger partial charge in [0.1, 0.15) is 11.2 Å². The van der Waals surface area contributed by atoms with Gasteiger partial charge < -0.3 is 20.1 Å². The van der Waals surface area contributed by atoms with E-state index in [0.29, 0.717) is 13.0 Å². The molecule has 0 spiro atoms. The highest BCUT2D eigenvalue weighted by atomic mass is 32.1. The second-order valence-electron chi connectivity index (χ2n) is 6.88. The monoisotopic (exact) mass is 352 g/mol. The number of hydrogen-bond donors (Lipinski definition) is 4. The van der Waals surface area contributed by atoms with Crippen LogP contribution in [0.3, 0.4) is 0 Å². The Bertz CT molecular complexity index is 378. The number of hydrogen-bond acceptors (Lipinski definition) is 6. The number of alkyl carbamates (subject to hydrolysis) is 2. The highest BCUT2D eigenvalue weighted by molar-refractivity contribution is 7.85. The highest BCUT2D eigenvalue weighted by Crippen LogP contribution is 2.13. The average molecular weight is 353 g/mol. The number of carbonyl (C=O) groups is 2. The number of rotatable bonds is 5. The van der Waals surface area contributed by atoms with Crippen molar-refractivity contribution in [1.82, 2.24) is 10.6 Å². The van der Waals surface area contributed by atoms with E-state index in [1.165, 1.54) is 0 Å². The number of ether oxygens (including phenoxy) is 2. The van der Waals surface area contributed by atoms with Gasteiger partial charge in [0.2, 0.25) is 0 Å². The van der Waals surface area contributed by atoms with Crippen molar-refractivity contribution < 1.29 is 19.1 Å². The van der Waals surface area contributed by atoms with Crippen LogP contribution in [0.1, 0.15) is 48.0 Å². The fourth-order valence-corrected chi connectivity index (χ4v) is 1.78. The van der Waals surface area contributed by atoms with Crippen molar-refractivity contribution in [1.29, 1.82) is 0 Å². The molecule has 0 aromatic carbocycles. The molecule has 2 unspecified atom stereocenters. The Hall–Kier alpha value is -0.760. The van der Waals surface area contributed by atoms with E-state index in [2.05, 4.69) is 35.9 Å². The Morgan fingerprint density at radius 1 is 0.955 bits per heavy atom. The largest absolute Gasteiger partial charge is 0.444 e. The van der Waals surface area contributed by atoms with E-state index in [1.54, 1.807) is 41.5 Å². The molecule has 130 valence electrons. The van der Waals surface area contributed by atoms with Gasteiger partial charge in [0.25, 0.3) is 0 Å². The lowest BCUT2D eigenvalue weighted by atomic mass is 10.2. The van der Waals surface area contributed by atoms with Crippen molar-refractivity contribution in [2.75, 3.05) is 6.54 Å². The van der Waals surface area contributed by atoms with Crippen molar-refractivity contribution in [3.63, 3.8) is 0 Å². The summed E-state index contributed by atoms with van der Waals surface area (Å²) in [5.41, 5.74) is -1.10. The van der Waals surface area contributed by atoms with Crippen molar-refractivity contribution in [2.24, 2.45) is 0 Å². The van der Waals surface area contributed by atoms with Crippen molar-refractivity contribution in [3.8, 4) is 0 Å². The van der Waals surface area contributed by atoms with Crippen LogP contribution in [0.2, 0.25) is 0 Å². The van der Waals surface area contributed by atoms with Crippen LogP contribution < -0.4 is 10.6 Å². The molecular formula is C14H28N2O4S2. The molecule has 0 aliphatic heterocycles. The van der Waals surface area contributed by atoms with Gasteiger partial charge in [-0.15, -0.1) is 0 Å². The van der Waals surface area contributed by atoms with Crippen molar-refractivity contribution >= 4 is 37.4 Å². The molecule has 0 aliphatic carbocycles. The first kappa shape index (κ1) is 21.2. The highest BCUT2D eigenvalue weighted by Gasteiger charge is 2.22. The van der Waals surface area contributed by atoms with Gasteiger partial charge in [-0.1, -0.05) is 0 Å². The molecule has 0 aliphatic rings. The van der Waals surface area contributed by atoms with Crippen LogP contribution in [0.4, 0.5) is 9.59 Å². The summed E-state index contributed by atoms with van der Waals surface area (Å²) >= 11 is 8.64. The first-order valence-electron chi connectivity index (χ1n) is 7.12. The molecule has 0 rings (SSSR count). The SMILES string of the molecule is CC(C)(C)OC(=O)NCCC(S)C(S)NC(=O)OC(C)(C)C. The molecular weight excluding hydrogens is 324 g/mol. The van der Waals surface area contributed by atoms with Crippen LogP contribution in [-0.4, -0.2) is 40.6 Å². The fraction of sp³-hybridized carbons (Fsp3) is 0.857. The summed E-state index contributed by atoms with van der Waals surface area (Å²) in [6.45, 7) is 11.1. The molecule has 0 aromatic rings. The molecule has 0 saturated heterocycles. The minimum atomic E-state index is -0.568. The Labute approximate surface area is 143 Å². The quantitative estimate of drug-likeness (QED) is 0.453. The lowest BCUT2D eigenvalue weighted by Crippen LogP contribution is -2.42. The topological polar surface area (TPSA) is 76.7 Å². The molecule has 2 amide bonds. The lowest BCUT2D eigenvalue weighted by molar-refractivity contribution is 0.0505. The zero-order valence-corrected chi connectivity index (χ0v) is 15.9. The smallest absolute Gasteiger partial charge is 0.408 e. The Kier molecular flexibility index (Phi) is 8.46. The van der Waals surface area contributed by atoms with Gasteiger partial charge in [-0.3, -0.25) is 0 Å². The van der Waals surface area contributed by atoms with Gasteiger partial charge >= 0.3 is 12.2 Å². The van der Waals surface area contributed by atoms with Crippen molar-refractivity contribution in [2.45, 2.75) is 69.8 Å². The molecule has 0 aromatic heterocycles. The van der Waals surface area contributed by atoms with E-state index in [9.17, 15) is 9.59 Å². The first-order chi connectivity index (χ1) is 9.80. The van der Waals surface area contributed by atoms with E-state index in [4.69, 9.17) is 9.47 Å². The maximum absolute atomic E-state index is 11.6. The predicted molar refractivity (Wildman–Crippen MR) is 93.8 cm³/mol. The molecule has 0 saturated carbocycles. The van der Waals surface area contributed by atoms with Gasteiger partial charge in [-0.25, -0.2) is 9.59 Å². The second-order valence-corrected chi connectivity index (χ2v) is 8.10. The standard InChI is InChI=1S/C14H28N2O4S2/c1-13(2,3)19-11(17)15-8-7-9(21)10(22)16-12(18)20-14(4,5)6/h9-10,21-22H,7-8H2,1-6H3,(H,15,17)(H,16,18). The molecule has 8 heteroatoms. The molecule has 2 atom stereocenters. The van der Waals surface area contributed by atoms with E-state index in [0.717, 1.165) is 0 Å². The van der Waals surface area contributed by atoms with Crippen LogP contribution in [0, 0.1) is 0 Å². The Balaban J connectivity index is 4.04. The van der Waals surface area contributed by atoms with E-state index >= 15 is 0 Å². The molecule has 2 N–H and O–H groups in total. The zero-order valence-electron chi connectivity index (χ0n) is 14.1. The maximum Gasteiger partial charge on any atom is 0.408 e. The van der Waals surface area contributed by atoms with Gasteiger partial charge in [0.15, 0.2) is 0 Å². The van der Waals surface area contributed by atoms with Gasteiger partial charge in [-0.05, 0) is 48.0 Å². The number of amides is 2. The third kappa shape index (κ3) is 11.9. The third-order valence-corrected chi connectivity index (χ3v) is 3.42. The fourth-order valence-electron chi connectivity index (χ4n) is 1.32. The summed E-state index contributed by atoms with van der Waals surface area (Å²) < 4.78 is 10.2. The molecule has 0 fully saturated rings. The zero-order chi connectivity index (χ0) is 17.6. The van der Waals surface area contributed by atoms with E-state index in [-0.39, 0.29) is 5.25 Å². The van der Waals surface area contributed by atoms with Crippen LogP contribution in [0.5, 0.6) is 0 Å². The van der Waals surface area contributed by atoms with E-state index in [1.807, 2.05) is 0 Å². The normalized spacial score (nSPS) is 14.7. The van der Waals surface area contributed by atoms with Gasteiger partial charge in [0, 0.05) is 11.8 Å². The summed E-state index contributed by atoms with van der Waals surface area (Å²) in [7, 11) is 0. The van der Waals surface area contributed by atoms with E-state index < -0.39 is 28.8 Å². The maximum atomic E-state index is 11.6. The van der Waals surface area contributed by atoms with Crippen LogP contribution in [-0.2, 0) is 9.47 Å². The van der Waals surface area contributed by atoms with Crippen LogP contribution in [0.15, 0.2) is 0 Å². The van der Waals surface area contributed by atoms with Crippen LogP contribution in [0.25, 0.3) is 0 Å². The van der Waals surface area contributed by atoms with Gasteiger partial charge in [0.05, 0.1) is 5.37 Å². The Morgan fingerprint density at radius 3 is 1.86 bits per heavy atom. The number of thiol groups is 2. The lowest BCUT2D eigenvalue weighted by Gasteiger charge is -2.24. The minimum Gasteiger partial charge on any atom is -0.444 e. The summed E-state index contributed by atoms with van der Waals surface area (Å²) in [4.78, 5) is 23.1. The summed E-state index contributed by atoms with van der Waals surface area (Å²) in [6, 6.07) is 0. The molecule has 0 radical (unpaired) electrons. The number of nitrogens with one attached hydrogen (secondary N) is 2. The van der Waals surface area contributed by atoms with Crippen LogP contribution >= 0.6 is 25.3 Å². The Morgan fingerprint density at radius 2 is 1.41 bits per heavy atom. The molecule has 0 bridgehead atoms. The summed E-state index contributed by atoms with van der Waals surface area (Å²) in [5.74, 6) is 0. The molecule has 22 heavy (non-hydrogen) atoms. The predicted octanol–water partition coefficient (Wildman–Crippen LogP) is 2.98. The minimum absolute atomic E-state index is 0.245. The van der Waals surface area contributed by atoms with Gasteiger partial charge in [-0.2, -0.15) is 25.3 Å². The summed E-state index contributed by atoms with van der Waals surface area (Å²) in [6.07, 6.45) is -0.512. The first-order valence-corrected chi connectivity index (χ1v) is 8.16. The second kappa shape index (κ2) is 8.76. The summed E-state index contributed by atoms with van der Waals surface area (Å²) in [5, 5.41) is 4.49. The number of carbonyl (C=O) groups excluding carboxylic acids is 2.